The molecule has 0 atom stereocenters. The number of amides is 1. The molecule has 0 aliphatic heterocycles. The summed E-state index contributed by atoms with van der Waals surface area (Å²) in [6, 6.07) is 9.07. The molecule has 1 heterocycles. The SMILES string of the molecule is CCN(Cc1cccc(F)c1)C(=O)c1ccn(C)c(=O)c1. The minimum Gasteiger partial charge on any atom is -0.335 e. The van der Waals surface area contributed by atoms with Crippen LogP contribution in [-0.2, 0) is 13.6 Å². The van der Waals surface area contributed by atoms with Crippen molar-refractivity contribution < 1.29 is 9.18 Å². The Morgan fingerprint density at radius 3 is 2.67 bits per heavy atom. The molecule has 0 aliphatic rings. The fourth-order valence-corrected chi connectivity index (χ4v) is 2.05. The monoisotopic (exact) mass is 288 g/mol. The fraction of sp³-hybridized carbons (Fsp3) is 0.250. The van der Waals surface area contributed by atoms with E-state index in [4.69, 9.17) is 0 Å². The van der Waals surface area contributed by atoms with E-state index in [1.165, 1.54) is 22.8 Å². The molecule has 0 saturated carbocycles. The van der Waals surface area contributed by atoms with Gasteiger partial charge in [-0.15, -0.1) is 0 Å². The zero-order valence-corrected chi connectivity index (χ0v) is 12.0. The van der Waals surface area contributed by atoms with Gasteiger partial charge in [0, 0.05) is 38.0 Å². The standard InChI is InChI=1S/C16H17FN2O2/c1-3-19(11-12-5-4-6-14(17)9-12)16(21)13-7-8-18(2)15(20)10-13/h4-10H,3,11H2,1-2H3. The lowest BCUT2D eigenvalue weighted by molar-refractivity contribution is 0.0752. The van der Waals surface area contributed by atoms with Crippen LogP contribution in [0.5, 0.6) is 0 Å². The number of nitrogens with zero attached hydrogens (tertiary/aromatic N) is 2. The molecule has 0 fully saturated rings. The van der Waals surface area contributed by atoms with E-state index in [-0.39, 0.29) is 17.3 Å². The molecule has 0 bridgehead atoms. The summed E-state index contributed by atoms with van der Waals surface area (Å²) in [5.74, 6) is -0.566. The first-order valence-corrected chi connectivity index (χ1v) is 6.71. The molecule has 0 radical (unpaired) electrons. The van der Waals surface area contributed by atoms with Gasteiger partial charge in [-0.05, 0) is 30.7 Å². The molecule has 0 aliphatic carbocycles. The summed E-state index contributed by atoms with van der Waals surface area (Å²) in [6.07, 6.45) is 1.56. The lowest BCUT2D eigenvalue weighted by Gasteiger charge is -2.21. The first-order valence-electron chi connectivity index (χ1n) is 6.71. The zero-order valence-electron chi connectivity index (χ0n) is 12.0. The lowest BCUT2D eigenvalue weighted by Crippen LogP contribution is -2.31. The Labute approximate surface area is 122 Å². The number of pyridine rings is 1. The van der Waals surface area contributed by atoms with Crippen LogP contribution in [0.2, 0.25) is 0 Å². The van der Waals surface area contributed by atoms with Gasteiger partial charge in [0.25, 0.3) is 11.5 Å². The molecule has 2 aromatic rings. The molecule has 0 spiro atoms. The third-order valence-electron chi connectivity index (χ3n) is 3.28. The van der Waals surface area contributed by atoms with Crippen LogP contribution in [0.25, 0.3) is 0 Å². The third-order valence-corrected chi connectivity index (χ3v) is 3.28. The maximum absolute atomic E-state index is 13.2. The van der Waals surface area contributed by atoms with Gasteiger partial charge in [0.1, 0.15) is 5.82 Å². The van der Waals surface area contributed by atoms with Crippen LogP contribution >= 0.6 is 0 Å². The van der Waals surface area contributed by atoms with Crippen molar-refractivity contribution in [2.75, 3.05) is 6.54 Å². The van der Waals surface area contributed by atoms with Crippen molar-refractivity contribution in [3.8, 4) is 0 Å². The average Bonchev–Trinajstić information content (AvgIpc) is 2.47. The third kappa shape index (κ3) is 3.56. The van der Waals surface area contributed by atoms with Gasteiger partial charge in [-0.1, -0.05) is 12.1 Å². The summed E-state index contributed by atoms with van der Waals surface area (Å²) in [5.41, 5.74) is 0.827. The number of halogens is 1. The highest BCUT2D eigenvalue weighted by atomic mass is 19.1. The summed E-state index contributed by atoms with van der Waals surface area (Å²) in [5, 5.41) is 0. The van der Waals surface area contributed by atoms with E-state index < -0.39 is 0 Å². The second kappa shape index (κ2) is 6.35. The van der Waals surface area contributed by atoms with Gasteiger partial charge in [0.2, 0.25) is 0 Å². The number of rotatable bonds is 4. The maximum Gasteiger partial charge on any atom is 0.254 e. The summed E-state index contributed by atoms with van der Waals surface area (Å²) in [4.78, 5) is 25.6. The molecule has 1 aromatic carbocycles. The molecule has 5 heteroatoms. The Morgan fingerprint density at radius 2 is 2.05 bits per heavy atom. The first-order chi connectivity index (χ1) is 10.0. The Kier molecular flexibility index (Phi) is 4.52. The minimum absolute atomic E-state index is 0.234. The van der Waals surface area contributed by atoms with Gasteiger partial charge in [0.15, 0.2) is 0 Å². The molecule has 1 aromatic heterocycles. The summed E-state index contributed by atoms with van der Waals surface area (Å²) < 4.78 is 14.6. The second-order valence-electron chi connectivity index (χ2n) is 4.81. The lowest BCUT2D eigenvalue weighted by atomic mass is 10.1. The van der Waals surface area contributed by atoms with Gasteiger partial charge < -0.3 is 9.47 Å². The number of hydrogen-bond donors (Lipinski definition) is 0. The van der Waals surface area contributed by atoms with E-state index in [2.05, 4.69) is 0 Å². The highest BCUT2D eigenvalue weighted by molar-refractivity contribution is 5.94. The van der Waals surface area contributed by atoms with E-state index in [1.54, 1.807) is 36.3 Å². The van der Waals surface area contributed by atoms with E-state index >= 15 is 0 Å². The van der Waals surface area contributed by atoms with Gasteiger partial charge in [-0.25, -0.2) is 4.39 Å². The molecule has 110 valence electrons. The number of aryl methyl sites for hydroxylation is 1. The van der Waals surface area contributed by atoms with Crippen molar-refractivity contribution in [3.05, 3.63) is 69.9 Å². The van der Waals surface area contributed by atoms with Crippen molar-refractivity contribution >= 4 is 5.91 Å². The number of carbonyl (C=O) groups is 1. The van der Waals surface area contributed by atoms with Gasteiger partial charge >= 0.3 is 0 Å². The molecular weight excluding hydrogens is 271 g/mol. The highest BCUT2D eigenvalue weighted by Gasteiger charge is 2.15. The molecule has 0 saturated heterocycles. The van der Waals surface area contributed by atoms with Crippen molar-refractivity contribution in [2.24, 2.45) is 7.05 Å². The van der Waals surface area contributed by atoms with Crippen LogP contribution < -0.4 is 5.56 Å². The summed E-state index contributed by atoms with van der Waals surface area (Å²) in [7, 11) is 1.63. The molecule has 1 amide bonds. The van der Waals surface area contributed by atoms with Crippen molar-refractivity contribution in [1.29, 1.82) is 0 Å². The second-order valence-corrected chi connectivity index (χ2v) is 4.81. The van der Waals surface area contributed by atoms with Gasteiger partial charge in [-0.3, -0.25) is 9.59 Å². The van der Waals surface area contributed by atoms with Crippen LogP contribution in [0, 0.1) is 5.82 Å². The van der Waals surface area contributed by atoms with E-state index in [0.717, 1.165) is 0 Å². The van der Waals surface area contributed by atoms with Crippen LogP contribution in [0.1, 0.15) is 22.8 Å². The van der Waals surface area contributed by atoms with Crippen LogP contribution in [-0.4, -0.2) is 21.9 Å². The normalized spacial score (nSPS) is 10.4. The topological polar surface area (TPSA) is 42.3 Å². The predicted octanol–water partition coefficient (Wildman–Crippen LogP) is 2.19. The van der Waals surface area contributed by atoms with Crippen LogP contribution in [0.15, 0.2) is 47.4 Å². The minimum atomic E-state index is -0.329. The average molecular weight is 288 g/mol. The van der Waals surface area contributed by atoms with Crippen molar-refractivity contribution in [1.82, 2.24) is 9.47 Å². The molecular formula is C16H17FN2O2. The van der Waals surface area contributed by atoms with Crippen LogP contribution in [0.4, 0.5) is 4.39 Å². The van der Waals surface area contributed by atoms with Crippen molar-refractivity contribution in [3.63, 3.8) is 0 Å². The van der Waals surface area contributed by atoms with Crippen LogP contribution in [0.3, 0.4) is 0 Å². The highest BCUT2D eigenvalue weighted by Crippen LogP contribution is 2.10. The fourth-order valence-electron chi connectivity index (χ4n) is 2.05. The molecule has 2 rings (SSSR count). The predicted molar refractivity (Wildman–Crippen MR) is 78.5 cm³/mol. The summed E-state index contributed by atoms with van der Waals surface area (Å²) in [6.45, 7) is 2.63. The number of benzene rings is 1. The number of carbonyl (C=O) groups excluding carboxylic acids is 1. The largest absolute Gasteiger partial charge is 0.335 e. The van der Waals surface area contributed by atoms with E-state index in [1.807, 2.05) is 6.92 Å². The number of aromatic nitrogens is 1. The smallest absolute Gasteiger partial charge is 0.254 e. The van der Waals surface area contributed by atoms with Gasteiger partial charge in [-0.2, -0.15) is 0 Å². The Morgan fingerprint density at radius 1 is 1.29 bits per heavy atom. The zero-order chi connectivity index (χ0) is 15.4. The molecule has 0 unspecified atom stereocenters. The van der Waals surface area contributed by atoms with E-state index in [9.17, 15) is 14.0 Å². The maximum atomic E-state index is 13.2. The first kappa shape index (κ1) is 15.0. The van der Waals surface area contributed by atoms with Gasteiger partial charge in [0.05, 0.1) is 0 Å². The molecule has 0 N–H and O–H groups in total. The number of hydrogen-bond acceptors (Lipinski definition) is 2. The Bertz CT molecular complexity index is 709. The molecule has 4 nitrogen and oxygen atoms in total. The Balaban J connectivity index is 2.22. The van der Waals surface area contributed by atoms with E-state index in [0.29, 0.717) is 24.2 Å². The quantitative estimate of drug-likeness (QED) is 0.865. The Hall–Kier alpha value is -2.43. The molecule has 21 heavy (non-hydrogen) atoms. The van der Waals surface area contributed by atoms with Crippen molar-refractivity contribution in [2.45, 2.75) is 13.5 Å². The summed E-state index contributed by atoms with van der Waals surface area (Å²) >= 11 is 0.